The Morgan fingerprint density at radius 2 is 1.72 bits per heavy atom. The molecule has 0 radical (unpaired) electrons. The van der Waals surface area contributed by atoms with Crippen LogP contribution in [0.4, 0.5) is 0 Å². The smallest absolute Gasteiger partial charge is 0.316 e. The lowest BCUT2D eigenvalue weighted by atomic mass is 10.0. The van der Waals surface area contributed by atoms with E-state index in [2.05, 4.69) is 12.1 Å². The number of ether oxygens (including phenoxy) is 1. The van der Waals surface area contributed by atoms with Gasteiger partial charge in [-0.05, 0) is 23.1 Å². The zero-order chi connectivity index (χ0) is 17.7. The molecule has 1 fully saturated rings. The van der Waals surface area contributed by atoms with E-state index in [9.17, 15) is 13.2 Å². The first-order valence-electron chi connectivity index (χ1n) is 8.14. The molecule has 0 saturated carbocycles. The third-order valence-corrected chi connectivity index (χ3v) is 7.34. The van der Waals surface area contributed by atoms with E-state index >= 15 is 0 Å². The van der Waals surface area contributed by atoms with Crippen LogP contribution in [-0.2, 0) is 26.0 Å². The maximum atomic E-state index is 11.8. The molecule has 132 valence electrons. The Labute approximate surface area is 152 Å². The molecule has 6 heteroatoms. The van der Waals surface area contributed by atoms with Gasteiger partial charge < -0.3 is 4.74 Å². The molecular formula is C19H20O4S2. The third kappa shape index (κ3) is 5.34. The fourth-order valence-corrected chi connectivity index (χ4v) is 6.15. The number of carbonyl (C=O) groups excluding carboxylic acids is 1. The maximum absolute atomic E-state index is 11.8. The Morgan fingerprint density at radius 1 is 1.04 bits per heavy atom. The van der Waals surface area contributed by atoms with Gasteiger partial charge in [0.15, 0.2) is 9.84 Å². The van der Waals surface area contributed by atoms with E-state index in [4.69, 9.17) is 4.74 Å². The number of esters is 1. The number of sulfone groups is 1. The van der Waals surface area contributed by atoms with E-state index < -0.39 is 9.84 Å². The van der Waals surface area contributed by atoms with Crippen LogP contribution >= 0.6 is 11.8 Å². The summed E-state index contributed by atoms with van der Waals surface area (Å²) in [4.78, 5) is 11.8. The van der Waals surface area contributed by atoms with E-state index in [0.29, 0.717) is 6.42 Å². The second kappa shape index (κ2) is 8.06. The molecule has 1 atom stereocenters. The molecule has 0 amide bonds. The number of carbonyl (C=O) groups is 1. The first-order chi connectivity index (χ1) is 12.0. The number of hydrogen-bond donors (Lipinski definition) is 0. The number of thioether (sulfide) groups is 1. The summed E-state index contributed by atoms with van der Waals surface area (Å²) in [6.45, 7) is 0.234. The van der Waals surface area contributed by atoms with Crippen molar-refractivity contribution in [1.29, 1.82) is 0 Å². The fraction of sp³-hybridized carbons (Fsp3) is 0.316. The standard InChI is InChI=1S/C19H20O4S2/c20-19(13-24-18-10-11-25(21,22)14-18)23-12-15-6-8-17(9-7-15)16-4-2-1-3-5-16/h1-9,18H,10-14H2/t18-/m0/s1. The third-order valence-electron chi connectivity index (χ3n) is 4.09. The molecule has 1 saturated heterocycles. The zero-order valence-corrected chi connectivity index (χ0v) is 15.4. The molecule has 1 aliphatic heterocycles. The maximum Gasteiger partial charge on any atom is 0.316 e. The molecule has 0 aromatic heterocycles. The lowest BCUT2D eigenvalue weighted by molar-refractivity contribution is -0.141. The summed E-state index contributed by atoms with van der Waals surface area (Å²) in [5.41, 5.74) is 3.20. The van der Waals surface area contributed by atoms with E-state index in [-0.39, 0.29) is 35.1 Å². The van der Waals surface area contributed by atoms with Crippen LogP contribution < -0.4 is 0 Å². The normalized spacial score (nSPS) is 18.8. The summed E-state index contributed by atoms with van der Waals surface area (Å²) < 4.78 is 28.1. The summed E-state index contributed by atoms with van der Waals surface area (Å²) in [5, 5.41) is 0.0164. The minimum absolute atomic E-state index is 0.0164. The molecule has 1 heterocycles. The van der Waals surface area contributed by atoms with Gasteiger partial charge in [-0.15, -0.1) is 11.8 Å². The topological polar surface area (TPSA) is 60.4 Å². The van der Waals surface area contributed by atoms with Crippen LogP contribution in [0.1, 0.15) is 12.0 Å². The van der Waals surface area contributed by atoms with Crippen LogP contribution in [-0.4, -0.2) is 36.9 Å². The second-order valence-electron chi connectivity index (χ2n) is 6.06. The van der Waals surface area contributed by atoms with E-state index in [1.807, 2.05) is 42.5 Å². The van der Waals surface area contributed by atoms with Crippen molar-refractivity contribution in [3.63, 3.8) is 0 Å². The quantitative estimate of drug-likeness (QED) is 0.724. The highest BCUT2D eigenvalue weighted by Crippen LogP contribution is 2.24. The van der Waals surface area contributed by atoms with Gasteiger partial charge in [-0.1, -0.05) is 54.6 Å². The van der Waals surface area contributed by atoms with Crippen LogP contribution in [0.5, 0.6) is 0 Å². The van der Waals surface area contributed by atoms with Gasteiger partial charge >= 0.3 is 5.97 Å². The molecule has 25 heavy (non-hydrogen) atoms. The van der Waals surface area contributed by atoms with Gasteiger partial charge in [0.1, 0.15) is 6.61 Å². The van der Waals surface area contributed by atoms with E-state index in [1.54, 1.807) is 0 Å². The molecule has 0 N–H and O–H groups in total. The molecular weight excluding hydrogens is 356 g/mol. The second-order valence-corrected chi connectivity index (χ2v) is 9.58. The largest absolute Gasteiger partial charge is 0.460 e. The minimum atomic E-state index is -2.90. The molecule has 2 aromatic rings. The summed E-state index contributed by atoms with van der Waals surface area (Å²) in [6.07, 6.45) is 0.626. The van der Waals surface area contributed by atoms with Crippen LogP contribution in [0.2, 0.25) is 0 Å². The highest BCUT2D eigenvalue weighted by Gasteiger charge is 2.28. The number of benzene rings is 2. The highest BCUT2D eigenvalue weighted by atomic mass is 32.2. The minimum Gasteiger partial charge on any atom is -0.460 e. The average Bonchev–Trinajstić information content (AvgIpc) is 2.98. The lowest BCUT2D eigenvalue weighted by Crippen LogP contribution is -2.12. The molecule has 0 spiro atoms. The van der Waals surface area contributed by atoms with Gasteiger partial charge in [0.05, 0.1) is 17.3 Å². The number of rotatable bonds is 6. The monoisotopic (exact) mass is 376 g/mol. The Bertz CT molecular complexity index is 814. The summed E-state index contributed by atoms with van der Waals surface area (Å²) in [5.74, 6) is 0.295. The van der Waals surface area contributed by atoms with Crippen LogP contribution in [0.3, 0.4) is 0 Å². The average molecular weight is 376 g/mol. The molecule has 4 nitrogen and oxygen atoms in total. The lowest BCUT2D eigenvalue weighted by Gasteiger charge is -2.08. The van der Waals surface area contributed by atoms with Gasteiger partial charge in [0, 0.05) is 5.25 Å². The first-order valence-corrected chi connectivity index (χ1v) is 11.0. The Balaban J connectivity index is 1.44. The fourth-order valence-electron chi connectivity index (χ4n) is 2.71. The SMILES string of the molecule is O=C(CS[C@H]1CCS(=O)(=O)C1)OCc1ccc(-c2ccccc2)cc1. The molecule has 1 aliphatic rings. The summed E-state index contributed by atoms with van der Waals surface area (Å²) >= 11 is 1.38. The highest BCUT2D eigenvalue weighted by molar-refractivity contribution is 8.02. The summed E-state index contributed by atoms with van der Waals surface area (Å²) in [6, 6.07) is 18.0. The predicted molar refractivity (Wildman–Crippen MR) is 101 cm³/mol. The number of hydrogen-bond acceptors (Lipinski definition) is 5. The Kier molecular flexibility index (Phi) is 5.81. The molecule has 3 rings (SSSR count). The summed E-state index contributed by atoms with van der Waals surface area (Å²) in [7, 11) is -2.90. The van der Waals surface area contributed by atoms with Crippen molar-refractivity contribution in [2.75, 3.05) is 17.3 Å². The van der Waals surface area contributed by atoms with Crippen molar-refractivity contribution in [3.8, 4) is 11.1 Å². The molecule has 0 aliphatic carbocycles. The van der Waals surface area contributed by atoms with E-state index in [0.717, 1.165) is 16.7 Å². The van der Waals surface area contributed by atoms with Crippen molar-refractivity contribution in [2.24, 2.45) is 0 Å². The van der Waals surface area contributed by atoms with Crippen molar-refractivity contribution in [3.05, 3.63) is 60.2 Å². The molecule has 0 unspecified atom stereocenters. The molecule has 2 aromatic carbocycles. The van der Waals surface area contributed by atoms with Crippen molar-refractivity contribution in [1.82, 2.24) is 0 Å². The van der Waals surface area contributed by atoms with Crippen LogP contribution in [0.15, 0.2) is 54.6 Å². The predicted octanol–water partition coefficient (Wildman–Crippen LogP) is 3.32. The Hall–Kier alpha value is -1.79. The van der Waals surface area contributed by atoms with Crippen LogP contribution in [0, 0.1) is 0 Å². The van der Waals surface area contributed by atoms with Crippen LogP contribution in [0.25, 0.3) is 11.1 Å². The van der Waals surface area contributed by atoms with Crippen molar-refractivity contribution >= 4 is 27.6 Å². The molecule has 0 bridgehead atoms. The van der Waals surface area contributed by atoms with Gasteiger partial charge in [-0.2, -0.15) is 0 Å². The van der Waals surface area contributed by atoms with Gasteiger partial charge in [-0.3, -0.25) is 4.79 Å². The zero-order valence-electron chi connectivity index (χ0n) is 13.8. The van der Waals surface area contributed by atoms with Gasteiger partial charge in [-0.25, -0.2) is 8.42 Å². The van der Waals surface area contributed by atoms with Crippen molar-refractivity contribution in [2.45, 2.75) is 18.3 Å². The Morgan fingerprint density at radius 3 is 2.36 bits per heavy atom. The first kappa shape index (κ1) is 18.0. The van der Waals surface area contributed by atoms with E-state index in [1.165, 1.54) is 11.8 Å². The van der Waals surface area contributed by atoms with Gasteiger partial charge in [0.2, 0.25) is 0 Å². The van der Waals surface area contributed by atoms with Gasteiger partial charge in [0.25, 0.3) is 0 Å². The van der Waals surface area contributed by atoms with Crippen molar-refractivity contribution < 1.29 is 17.9 Å².